The second kappa shape index (κ2) is 11.0. The lowest BCUT2D eigenvalue weighted by Gasteiger charge is -2.07. The molecule has 0 saturated carbocycles. The quantitative estimate of drug-likeness (QED) is 0.424. The van der Waals surface area contributed by atoms with E-state index in [0.717, 1.165) is 5.56 Å². The van der Waals surface area contributed by atoms with Gasteiger partial charge in [-0.3, -0.25) is 9.59 Å². The van der Waals surface area contributed by atoms with Crippen LogP contribution in [0.2, 0.25) is 0 Å². The second-order valence-electron chi connectivity index (χ2n) is 6.17. The van der Waals surface area contributed by atoms with E-state index in [1.165, 1.54) is 6.21 Å². The van der Waals surface area contributed by atoms with Crippen molar-refractivity contribution in [1.82, 2.24) is 5.43 Å². The highest BCUT2D eigenvalue weighted by Crippen LogP contribution is 2.12. The van der Waals surface area contributed by atoms with Gasteiger partial charge in [-0.15, -0.1) is 0 Å². The molecule has 30 heavy (non-hydrogen) atoms. The average molecular weight is 403 g/mol. The number of hydrazone groups is 1. The van der Waals surface area contributed by atoms with Crippen molar-refractivity contribution in [3.63, 3.8) is 0 Å². The molecule has 0 aliphatic rings. The topological polar surface area (TPSA) is 89.0 Å². The van der Waals surface area contributed by atoms with Crippen LogP contribution < -0.4 is 20.2 Å². The van der Waals surface area contributed by atoms with Crippen molar-refractivity contribution in [2.45, 2.75) is 0 Å². The summed E-state index contributed by atoms with van der Waals surface area (Å²) in [6.45, 7) is -0.223. The van der Waals surface area contributed by atoms with Gasteiger partial charge in [0.15, 0.2) is 13.2 Å². The normalized spacial score (nSPS) is 10.4. The van der Waals surface area contributed by atoms with Crippen LogP contribution in [-0.2, 0) is 9.59 Å². The summed E-state index contributed by atoms with van der Waals surface area (Å²) in [5, 5.41) is 6.64. The van der Waals surface area contributed by atoms with Gasteiger partial charge in [0.2, 0.25) is 0 Å². The van der Waals surface area contributed by atoms with Gasteiger partial charge in [-0.1, -0.05) is 36.4 Å². The van der Waals surface area contributed by atoms with Gasteiger partial charge in [-0.05, 0) is 54.1 Å². The first-order valence-electron chi connectivity index (χ1n) is 9.26. The molecular weight excluding hydrogens is 382 g/mol. The van der Waals surface area contributed by atoms with Crippen LogP contribution in [-0.4, -0.2) is 31.2 Å². The Kier molecular flexibility index (Phi) is 7.56. The zero-order valence-corrected chi connectivity index (χ0v) is 16.2. The number of para-hydroxylation sites is 2. The Morgan fingerprint density at radius 2 is 1.30 bits per heavy atom. The van der Waals surface area contributed by atoms with Crippen LogP contribution in [0.25, 0.3) is 0 Å². The summed E-state index contributed by atoms with van der Waals surface area (Å²) < 4.78 is 10.8. The molecule has 0 aliphatic carbocycles. The monoisotopic (exact) mass is 403 g/mol. The first-order valence-corrected chi connectivity index (χ1v) is 9.26. The Balaban J connectivity index is 1.38. The van der Waals surface area contributed by atoms with E-state index < -0.39 is 0 Å². The molecule has 3 aromatic carbocycles. The lowest BCUT2D eigenvalue weighted by Crippen LogP contribution is -2.24. The van der Waals surface area contributed by atoms with Crippen LogP contribution in [0.15, 0.2) is 90.0 Å². The molecule has 0 bridgehead atoms. The summed E-state index contributed by atoms with van der Waals surface area (Å²) in [5.74, 6) is 0.562. The summed E-state index contributed by atoms with van der Waals surface area (Å²) in [6.07, 6.45) is 1.51. The highest BCUT2D eigenvalue weighted by Gasteiger charge is 2.04. The van der Waals surface area contributed by atoms with Crippen molar-refractivity contribution in [1.29, 1.82) is 0 Å². The number of carbonyl (C=O) groups excluding carboxylic acids is 2. The van der Waals surface area contributed by atoms with E-state index in [4.69, 9.17) is 9.47 Å². The molecule has 3 aromatic rings. The minimum Gasteiger partial charge on any atom is -0.484 e. The van der Waals surface area contributed by atoms with Gasteiger partial charge in [0.1, 0.15) is 11.5 Å². The Morgan fingerprint density at radius 3 is 1.97 bits per heavy atom. The Morgan fingerprint density at radius 1 is 0.733 bits per heavy atom. The zero-order chi connectivity index (χ0) is 21.0. The first kappa shape index (κ1) is 20.6. The van der Waals surface area contributed by atoms with E-state index in [0.29, 0.717) is 17.2 Å². The van der Waals surface area contributed by atoms with Crippen LogP contribution in [0.3, 0.4) is 0 Å². The summed E-state index contributed by atoms with van der Waals surface area (Å²) in [5.41, 5.74) is 3.88. The van der Waals surface area contributed by atoms with Crippen LogP contribution in [0, 0.1) is 0 Å². The number of amides is 2. The maximum atomic E-state index is 11.9. The Labute approximate surface area is 174 Å². The SMILES string of the molecule is O=C(COc1ccccc1)N/N=C/c1ccc(OCC(=O)Nc2ccccc2)cc1. The largest absolute Gasteiger partial charge is 0.484 e. The number of benzene rings is 3. The predicted octanol–water partition coefficient (Wildman–Crippen LogP) is 3.23. The predicted molar refractivity (Wildman–Crippen MR) is 115 cm³/mol. The van der Waals surface area contributed by atoms with Crippen molar-refractivity contribution in [2.75, 3.05) is 18.5 Å². The highest BCUT2D eigenvalue weighted by atomic mass is 16.5. The fourth-order valence-electron chi connectivity index (χ4n) is 2.39. The van der Waals surface area contributed by atoms with Crippen molar-refractivity contribution in [3.05, 3.63) is 90.5 Å². The molecular formula is C23H21N3O4. The molecule has 0 spiro atoms. The molecule has 3 rings (SSSR count). The number of hydrogen-bond donors (Lipinski definition) is 2. The lowest BCUT2D eigenvalue weighted by molar-refractivity contribution is -0.123. The first-order chi connectivity index (χ1) is 14.7. The minimum atomic E-state index is -0.362. The maximum Gasteiger partial charge on any atom is 0.277 e. The summed E-state index contributed by atoms with van der Waals surface area (Å²) in [7, 11) is 0. The van der Waals surface area contributed by atoms with Gasteiger partial charge in [-0.25, -0.2) is 5.43 Å². The maximum absolute atomic E-state index is 11.9. The minimum absolute atomic E-state index is 0.0974. The molecule has 0 unspecified atom stereocenters. The third kappa shape index (κ3) is 7.12. The molecule has 0 heterocycles. The number of ether oxygens (including phenoxy) is 2. The zero-order valence-electron chi connectivity index (χ0n) is 16.2. The number of hydrogen-bond acceptors (Lipinski definition) is 5. The Hall–Kier alpha value is -4.13. The van der Waals surface area contributed by atoms with Gasteiger partial charge in [0.05, 0.1) is 6.21 Å². The Bertz CT molecular complexity index is 974. The van der Waals surface area contributed by atoms with Crippen molar-refractivity contribution >= 4 is 23.7 Å². The number of nitrogens with zero attached hydrogens (tertiary/aromatic N) is 1. The number of carbonyl (C=O) groups is 2. The van der Waals surface area contributed by atoms with Crippen LogP contribution in [0.1, 0.15) is 5.56 Å². The molecule has 0 aromatic heterocycles. The standard InChI is InChI=1S/C23H21N3O4/c27-22(25-19-7-3-1-4-8-19)16-29-21-13-11-18(12-14-21)15-24-26-23(28)17-30-20-9-5-2-6-10-20/h1-15H,16-17H2,(H,25,27)(H,26,28)/b24-15+. The lowest BCUT2D eigenvalue weighted by atomic mass is 10.2. The van der Waals surface area contributed by atoms with E-state index >= 15 is 0 Å². The smallest absolute Gasteiger partial charge is 0.277 e. The van der Waals surface area contributed by atoms with E-state index in [1.807, 2.05) is 36.4 Å². The van der Waals surface area contributed by atoms with Crippen LogP contribution in [0.4, 0.5) is 5.69 Å². The van der Waals surface area contributed by atoms with Gasteiger partial charge >= 0.3 is 0 Å². The molecule has 152 valence electrons. The molecule has 0 atom stereocenters. The summed E-state index contributed by atoms with van der Waals surface area (Å²) in [4.78, 5) is 23.6. The van der Waals surface area contributed by atoms with Gasteiger partial charge in [-0.2, -0.15) is 5.10 Å². The molecule has 0 aliphatic heterocycles. The molecule has 2 amide bonds. The highest BCUT2D eigenvalue weighted by molar-refractivity contribution is 5.91. The molecule has 7 heteroatoms. The molecule has 0 saturated heterocycles. The van der Waals surface area contributed by atoms with Crippen molar-refractivity contribution in [2.24, 2.45) is 5.10 Å². The van der Waals surface area contributed by atoms with E-state index in [9.17, 15) is 9.59 Å². The third-order valence-corrected chi connectivity index (χ3v) is 3.82. The third-order valence-electron chi connectivity index (χ3n) is 3.82. The number of nitrogens with one attached hydrogen (secondary N) is 2. The fourth-order valence-corrected chi connectivity index (χ4v) is 2.39. The van der Waals surface area contributed by atoms with Crippen LogP contribution >= 0.6 is 0 Å². The van der Waals surface area contributed by atoms with Crippen LogP contribution in [0.5, 0.6) is 11.5 Å². The average Bonchev–Trinajstić information content (AvgIpc) is 2.78. The van der Waals surface area contributed by atoms with E-state index in [1.54, 1.807) is 48.5 Å². The number of rotatable bonds is 9. The molecule has 2 N–H and O–H groups in total. The van der Waals surface area contributed by atoms with Gasteiger partial charge in [0, 0.05) is 5.69 Å². The van der Waals surface area contributed by atoms with Crippen molar-refractivity contribution in [3.8, 4) is 11.5 Å². The van der Waals surface area contributed by atoms with E-state index in [-0.39, 0.29) is 25.0 Å². The second-order valence-corrected chi connectivity index (χ2v) is 6.17. The fraction of sp³-hybridized carbons (Fsp3) is 0.0870. The van der Waals surface area contributed by atoms with Gasteiger partial charge < -0.3 is 14.8 Å². The molecule has 0 fully saturated rings. The molecule has 7 nitrogen and oxygen atoms in total. The van der Waals surface area contributed by atoms with E-state index in [2.05, 4.69) is 15.8 Å². The van der Waals surface area contributed by atoms with Gasteiger partial charge in [0.25, 0.3) is 11.8 Å². The molecule has 0 radical (unpaired) electrons. The summed E-state index contributed by atoms with van der Waals surface area (Å²) in [6, 6.07) is 25.2. The summed E-state index contributed by atoms with van der Waals surface area (Å²) >= 11 is 0. The number of anilines is 1. The van der Waals surface area contributed by atoms with Crippen molar-refractivity contribution < 1.29 is 19.1 Å².